The molecule has 0 saturated heterocycles. The molecule has 0 aliphatic heterocycles. The second kappa shape index (κ2) is 9.86. The summed E-state index contributed by atoms with van der Waals surface area (Å²) < 4.78 is 0. The number of aromatic amines is 1. The van der Waals surface area contributed by atoms with Gasteiger partial charge in [0.2, 0.25) is 17.7 Å². The maximum Gasteiger partial charge on any atom is 0.326 e. The number of carboxylic acids is 2. The number of nitrogens with zero attached hydrogens (tertiary/aromatic N) is 1. The Balaban J connectivity index is 2.79. The van der Waals surface area contributed by atoms with Gasteiger partial charge in [-0.3, -0.25) is 19.2 Å². The summed E-state index contributed by atoms with van der Waals surface area (Å²) in [4.78, 5) is 63.7. The minimum atomic E-state index is -1.75. The number of aromatic nitrogens is 2. The van der Waals surface area contributed by atoms with Gasteiger partial charge in [0.1, 0.15) is 12.1 Å². The lowest BCUT2D eigenvalue weighted by atomic mass is 10.1. The van der Waals surface area contributed by atoms with Crippen molar-refractivity contribution in [2.75, 3.05) is 0 Å². The highest BCUT2D eigenvalue weighted by Gasteiger charge is 2.30. The molecule has 0 fully saturated rings. The van der Waals surface area contributed by atoms with E-state index in [4.69, 9.17) is 21.7 Å². The van der Waals surface area contributed by atoms with Crippen molar-refractivity contribution in [2.45, 2.75) is 37.4 Å². The van der Waals surface area contributed by atoms with Crippen LogP contribution in [0, 0.1) is 0 Å². The Morgan fingerprint density at radius 3 is 2.19 bits per heavy atom. The molecule has 1 aromatic heterocycles. The van der Waals surface area contributed by atoms with Crippen LogP contribution < -0.4 is 22.1 Å². The Bertz CT molecular complexity index is 705. The first-order chi connectivity index (χ1) is 12.6. The number of hydrogen-bond acceptors (Lipinski definition) is 7. The standard InChI is InChI=1S/C14H20N6O7/c15-7(1-6-4-17-5-18-6)12(24)19-8(2-10(16)21)13(25)20-9(14(26)27)3-11(22)23/h4-5,7-9H,1-3,15H2,(H2,16,21)(H,17,18)(H,19,24)(H,20,25)(H,22,23)(H,26,27). The number of imidazole rings is 1. The Hall–Kier alpha value is -3.48. The Morgan fingerprint density at radius 1 is 1.07 bits per heavy atom. The summed E-state index contributed by atoms with van der Waals surface area (Å²) in [5.74, 6) is -5.87. The van der Waals surface area contributed by atoms with Crippen molar-refractivity contribution in [1.82, 2.24) is 20.6 Å². The van der Waals surface area contributed by atoms with Crippen molar-refractivity contribution in [2.24, 2.45) is 11.5 Å². The molecule has 1 rings (SSSR count). The SMILES string of the molecule is NC(=O)CC(NC(=O)C(N)Cc1cnc[nH]1)C(=O)NC(CC(=O)O)C(=O)O. The molecule has 9 N–H and O–H groups in total. The molecule has 0 aliphatic rings. The van der Waals surface area contributed by atoms with Gasteiger partial charge < -0.3 is 37.3 Å². The fourth-order valence-corrected chi connectivity index (χ4v) is 2.06. The molecule has 13 nitrogen and oxygen atoms in total. The highest BCUT2D eigenvalue weighted by Crippen LogP contribution is 2.01. The average molecular weight is 384 g/mol. The van der Waals surface area contributed by atoms with Gasteiger partial charge in [-0.15, -0.1) is 0 Å². The lowest BCUT2D eigenvalue weighted by Gasteiger charge is -2.21. The van der Waals surface area contributed by atoms with Gasteiger partial charge in [-0.25, -0.2) is 9.78 Å². The van der Waals surface area contributed by atoms with Crippen molar-refractivity contribution in [1.29, 1.82) is 0 Å². The molecule has 0 radical (unpaired) electrons. The largest absolute Gasteiger partial charge is 0.481 e. The van der Waals surface area contributed by atoms with E-state index in [9.17, 15) is 24.0 Å². The van der Waals surface area contributed by atoms with Crippen molar-refractivity contribution in [3.63, 3.8) is 0 Å². The number of carbonyl (C=O) groups is 5. The van der Waals surface area contributed by atoms with Gasteiger partial charge in [0.25, 0.3) is 0 Å². The van der Waals surface area contributed by atoms with Gasteiger partial charge in [-0.05, 0) is 0 Å². The fraction of sp³-hybridized carbons (Fsp3) is 0.429. The van der Waals surface area contributed by atoms with E-state index in [1.54, 1.807) is 0 Å². The molecule has 13 heteroatoms. The predicted octanol–water partition coefficient (Wildman–Crippen LogP) is -3.32. The third-order valence-electron chi connectivity index (χ3n) is 3.36. The van der Waals surface area contributed by atoms with Crippen molar-refractivity contribution in [3.8, 4) is 0 Å². The minimum absolute atomic E-state index is 0.0630. The monoisotopic (exact) mass is 384 g/mol. The maximum atomic E-state index is 12.2. The van der Waals surface area contributed by atoms with Crippen LogP contribution >= 0.6 is 0 Å². The van der Waals surface area contributed by atoms with Crippen LogP contribution in [0.4, 0.5) is 0 Å². The van der Waals surface area contributed by atoms with Crippen LogP contribution in [0.15, 0.2) is 12.5 Å². The summed E-state index contributed by atoms with van der Waals surface area (Å²) in [6.07, 6.45) is 1.38. The van der Waals surface area contributed by atoms with E-state index in [2.05, 4.69) is 15.3 Å². The van der Waals surface area contributed by atoms with E-state index in [1.165, 1.54) is 12.5 Å². The summed E-state index contributed by atoms with van der Waals surface area (Å²) in [6.45, 7) is 0. The van der Waals surface area contributed by atoms with Crippen molar-refractivity contribution < 1.29 is 34.2 Å². The number of aliphatic carboxylic acids is 2. The van der Waals surface area contributed by atoms with Gasteiger partial charge in [0.15, 0.2) is 0 Å². The summed E-state index contributed by atoms with van der Waals surface area (Å²) in [5, 5.41) is 21.8. The molecular formula is C14H20N6O7. The Labute approximate surface area is 152 Å². The lowest BCUT2D eigenvalue weighted by molar-refractivity contribution is -0.147. The van der Waals surface area contributed by atoms with E-state index < -0.39 is 60.6 Å². The van der Waals surface area contributed by atoms with Crippen LogP contribution in [0.5, 0.6) is 0 Å². The molecular weight excluding hydrogens is 364 g/mol. The number of carbonyl (C=O) groups excluding carboxylic acids is 3. The molecule has 3 amide bonds. The predicted molar refractivity (Wildman–Crippen MR) is 87.8 cm³/mol. The van der Waals surface area contributed by atoms with Crippen LogP contribution in [-0.4, -0.2) is 68.0 Å². The van der Waals surface area contributed by atoms with Crippen LogP contribution in [0.3, 0.4) is 0 Å². The van der Waals surface area contributed by atoms with Gasteiger partial charge in [-0.2, -0.15) is 0 Å². The van der Waals surface area contributed by atoms with Gasteiger partial charge in [0, 0.05) is 18.3 Å². The number of carboxylic acid groups (broad SMARTS) is 2. The maximum absolute atomic E-state index is 12.2. The van der Waals surface area contributed by atoms with Gasteiger partial charge in [-0.1, -0.05) is 0 Å². The molecule has 0 bridgehead atoms. The normalized spacial score (nSPS) is 13.8. The Kier molecular flexibility index (Phi) is 7.88. The quantitative estimate of drug-likeness (QED) is 0.202. The molecule has 27 heavy (non-hydrogen) atoms. The zero-order valence-corrected chi connectivity index (χ0v) is 14.0. The number of hydrogen-bond donors (Lipinski definition) is 7. The number of H-pyrrole nitrogens is 1. The molecule has 0 aromatic carbocycles. The van der Waals surface area contributed by atoms with Crippen molar-refractivity contribution >= 4 is 29.7 Å². The second-order valence-electron chi connectivity index (χ2n) is 5.62. The van der Waals surface area contributed by atoms with E-state index in [1.807, 2.05) is 5.32 Å². The highest BCUT2D eigenvalue weighted by atomic mass is 16.4. The molecule has 0 spiro atoms. The topological polar surface area (TPSA) is 231 Å². The van der Waals surface area contributed by atoms with Crippen LogP contribution in [0.2, 0.25) is 0 Å². The van der Waals surface area contributed by atoms with E-state index in [-0.39, 0.29) is 6.42 Å². The molecule has 0 aliphatic carbocycles. The molecule has 0 saturated carbocycles. The first-order valence-electron chi connectivity index (χ1n) is 7.66. The highest BCUT2D eigenvalue weighted by molar-refractivity contribution is 5.95. The molecule has 3 atom stereocenters. The summed E-state index contributed by atoms with van der Waals surface area (Å²) in [6, 6.07) is -4.36. The van der Waals surface area contributed by atoms with E-state index >= 15 is 0 Å². The molecule has 1 aromatic rings. The minimum Gasteiger partial charge on any atom is -0.481 e. The smallest absolute Gasteiger partial charge is 0.326 e. The Morgan fingerprint density at radius 2 is 1.70 bits per heavy atom. The molecule has 1 heterocycles. The number of amides is 3. The number of nitrogens with two attached hydrogens (primary N) is 2. The van der Waals surface area contributed by atoms with Crippen LogP contribution in [0.25, 0.3) is 0 Å². The second-order valence-corrected chi connectivity index (χ2v) is 5.62. The zero-order chi connectivity index (χ0) is 20.6. The first-order valence-corrected chi connectivity index (χ1v) is 7.66. The summed E-state index contributed by atoms with van der Waals surface area (Å²) in [5.41, 5.74) is 11.3. The summed E-state index contributed by atoms with van der Waals surface area (Å²) >= 11 is 0. The van der Waals surface area contributed by atoms with E-state index in [0.717, 1.165) is 0 Å². The summed E-state index contributed by atoms with van der Waals surface area (Å²) in [7, 11) is 0. The molecule has 3 unspecified atom stereocenters. The third kappa shape index (κ3) is 7.52. The zero-order valence-electron chi connectivity index (χ0n) is 14.0. The van der Waals surface area contributed by atoms with Gasteiger partial charge in [0.05, 0.1) is 25.2 Å². The number of rotatable bonds is 11. The van der Waals surface area contributed by atoms with E-state index in [0.29, 0.717) is 5.69 Å². The van der Waals surface area contributed by atoms with Gasteiger partial charge >= 0.3 is 11.9 Å². The molecule has 148 valence electrons. The van der Waals surface area contributed by atoms with Crippen LogP contribution in [-0.2, 0) is 30.4 Å². The average Bonchev–Trinajstić information content (AvgIpc) is 3.05. The number of nitrogens with one attached hydrogen (secondary N) is 3. The first kappa shape index (κ1) is 21.6. The van der Waals surface area contributed by atoms with Crippen LogP contribution in [0.1, 0.15) is 18.5 Å². The number of primary amides is 1. The fourth-order valence-electron chi connectivity index (χ4n) is 2.06. The lowest BCUT2D eigenvalue weighted by Crippen LogP contribution is -2.56. The third-order valence-corrected chi connectivity index (χ3v) is 3.36. The van der Waals surface area contributed by atoms with Crippen molar-refractivity contribution in [3.05, 3.63) is 18.2 Å².